The topological polar surface area (TPSA) is 18.5 Å². The molecule has 0 aromatic heterocycles. The van der Waals surface area contributed by atoms with Crippen molar-refractivity contribution >= 4 is 22.1 Å². The second kappa shape index (κ2) is 5.66. The van der Waals surface area contributed by atoms with Gasteiger partial charge in [0.1, 0.15) is 0 Å². The van der Waals surface area contributed by atoms with Crippen molar-refractivity contribution in [2.45, 2.75) is 12.8 Å². The summed E-state index contributed by atoms with van der Waals surface area (Å²) < 4.78 is 10.6. The first-order valence-electron chi connectivity index (χ1n) is 4.61. The molecule has 1 aromatic carbocycles. The van der Waals surface area contributed by atoms with Gasteiger partial charge in [-0.15, -0.1) is 0 Å². The van der Waals surface area contributed by atoms with Crippen LogP contribution in [0.5, 0.6) is 0 Å². The largest absolute Gasteiger partial charge is 0.303 e. The number of rotatable bonds is 0. The molecule has 0 amide bonds. The molecule has 2 rings (SSSR count). The molecule has 0 saturated carbocycles. The first kappa shape index (κ1) is 10.4. The molecule has 0 spiro atoms. The molecule has 0 unspecified atom stereocenters. The Hall–Kier alpha value is -0.160. The summed E-state index contributed by atoms with van der Waals surface area (Å²) in [6.07, 6.45) is 1.98. The molecule has 0 fully saturated rings. The van der Waals surface area contributed by atoms with Crippen LogP contribution in [0.15, 0.2) is 24.3 Å². The first-order chi connectivity index (χ1) is 6.97. The zero-order chi connectivity index (χ0) is 9.64. The second-order valence-corrected chi connectivity index (χ2v) is 4.61. The fourth-order valence-electron chi connectivity index (χ4n) is 1.46. The van der Waals surface area contributed by atoms with Gasteiger partial charge in [0.25, 0.3) is 0 Å². The lowest BCUT2D eigenvalue weighted by Gasteiger charge is -2.11. The standard InChI is InChI=1S/C10H12O2S2/c1-2-4-10-6-8-12-14-13-11-7-5-9(10)3-1/h1-4H,5-8H2. The Balaban J connectivity index is 2.10. The van der Waals surface area contributed by atoms with Crippen molar-refractivity contribution in [3.63, 3.8) is 0 Å². The Bertz CT molecular complexity index is 262. The molecule has 0 saturated heterocycles. The van der Waals surface area contributed by atoms with Crippen LogP contribution in [0.4, 0.5) is 0 Å². The molecule has 1 aromatic rings. The van der Waals surface area contributed by atoms with Crippen LogP contribution in [-0.4, -0.2) is 13.2 Å². The molecule has 0 N–H and O–H groups in total. The molecule has 0 atom stereocenters. The monoisotopic (exact) mass is 228 g/mol. The third-order valence-electron chi connectivity index (χ3n) is 2.15. The molecule has 1 aliphatic heterocycles. The second-order valence-electron chi connectivity index (χ2n) is 3.05. The quantitative estimate of drug-likeness (QED) is 0.501. The minimum atomic E-state index is 0.748. The van der Waals surface area contributed by atoms with Crippen molar-refractivity contribution in [2.75, 3.05) is 13.2 Å². The van der Waals surface area contributed by atoms with Crippen LogP contribution in [-0.2, 0) is 21.2 Å². The lowest BCUT2D eigenvalue weighted by Crippen LogP contribution is -2.02. The van der Waals surface area contributed by atoms with Crippen LogP contribution in [0.1, 0.15) is 11.1 Å². The molecule has 1 heterocycles. The van der Waals surface area contributed by atoms with E-state index in [1.54, 1.807) is 0 Å². The van der Waals surface area contributed by atoms with E-state index in [0.717, 1.165) is 26.1 Å². The molecule has 76 valence electrons. The summed E-state index contributed by atoms with van der Waals surface area (Å²) in [5, 5.41) is 0. The van der Waals surface area contributed by atoms with Gasteiger partial charge in [0.2, 0.25) is 0 Å². The van der Waals surface area contributed by atoms with E-state index in [1.807, 2.05) is 0 Å². The number of fused-ring (bicyclic) bond motifs is 1. The summed E-state index contributed by atoms with van der Waals surface area (Å²) >= 11 is 2.64. The molecule has 4 heteroatoms. The molecule has 1 aliphatic rings. The maximum absolute atomic E-state index is 5.32. The van der Waals surface area contributed by atoms with Gasteiger partial charge in [0, 0.05) is 0 Å². The maximum Gasteiger partial charge on any atom is 0.0925 e. The summed E-state index contributed by atoms with van der Waals surface area (Å²) in [4.78, 5) is 0. The Labute approximate surface area is 92.2 Å². The smallest absolute Gasteiger partial charge is 0.0925 e. The molecular weight excluding hydrogens is 216 g/mol. The summed E-state index contributed by atoms with van der Waals surface area (Å²) in [6.45, 7) is 1.50. The highest BCUT2D eigenvalue weighted by molar-refractivity contribution is 8.73. The van der Waals surface area contributed by atoms with E-state index in [-0.39, 0.29) is 0 Å². The van der Waals surface area contributed by atoms with Crippen molar-refractivity contribution in [3.05, 3.63) is 35.4 Å². The van der Waals surface area contributed by atoms with Crippen LogP contribution in [0.25, 0.3) is 0 Å². The minimum Gasteiger partial charge on any atom is -0.303 e. The van der Waals surface area contributed by atoms with Crippen molar-refractivity contribution in [3.8, 4) is 0 Å². The lowest BCUT2D eigenvalue weighted by atomic mass is 10.0. The fourth-order valence-corrected chi connectivity index (χ4v) is 2.48. The van der Waals surface area contributed by atoms with E-state index in [2.05, 4.69) is 24.3 Å². The van der Waals surface area contributed by atoms with Crippen molar-refractivity contribution < 1.29 is 8.37 Å². The van der Waals surface area contributed by atoms with E-state index in [0.29, 0.717) is 0 Å². The van der Waals surface area contributed by atoms with Crippen LogP contribution >= 0.6 is 22.1 Å². The van der Waals surface area contributed by atoms with Gasteiger partial charge in [-0.3, -0.25) is 0 Å². The van der Waals surface area contributed by atoms with Crippen LogP contribution in [0.3, 0.4) is 0 Å². The van der Waals surface area contributed by atoms with Crippen LogP contribution in [0.2, 0.25) is 0 Å². The summed E-state index contributed by atoms with van der Waals surface area (Å²) in [7, 11) is 0. The highest BCUT2D eigenvalue weighted by Gasteiger charge is 2.04. The normalized spacial score (nSPS) is 18.6. The van der Waals surface area contributed by atoms with Gasteiger partial charge in [0.05, 0.1) is 35.4 Å². The Morgan fingerprint density at radius 1 is 0.857 bits per heavy atom. The Morgan fingerprint density at radius 3 is 1.86 bits per heavy atom. The van der Waals surface area contributed by atoms with Crippen LogP contribution < -0.4 is 0 Å². The lowest BCUT2D eigenvalue weighted by molar-refractivity contribution is 0.364. The Morgan fingerprint density at radius 2 is 1.36 bits per heavy atom. The van der Waals surface area contributed by atoms with Gasteiger partial charge in [-0.1, -0.05) is 24.3 Å². The number of hydrogen-bond donors (Lipinski definition) is 0. The van der Waals surface area contributed by atoms with E-state index >= 15 is 0 Å². The van der Waals surface area contributed by atoms with Gasteiger partial charge < -0.3 is 8.37 Å². The van der Waals surface area contributed by atoms with E-state index in [1.165, 1.54) is 33.3 Å². The van der Waals surface area contributed by atoms with E-state index in [9.17, 15) is 0 Å². The first-order valence-corrected chi connectivity index (χ1v) is 6.61. The third kappa shape index (κ3) is 2.92. The summed E-state index contributed by atoms with van der Waals surface area (Å²) in [6, 6.07) is 8.48. The average Bonchev–Trinajstić information content (AvgIpc) is 2.25. The summed E-state index contributed by atoms with van der Waals surface area (Å²) in [5.74, 6) is 0. The van der Waals surface area contributed by atoms with Gasteiger partial charge >= 0.3 is 0 Å². The molecular formula is C10H12O2S2. The predicted octanol–water partition coefficient (Wildman–Crippen LogP) is 3.03. The number of benzene rings is 1. The van der Waals surface area contributed by atoms with E-state index < -0.39 is 0 Å². The van der Waals surface area contributed by atoms with Crippen molar-refractivity contribution in [1.29, 1.82) is 0 Å². The van der Waals surface area contributed by atoms with Gasteiger partial charge in [-0.05, 0) is 24.0 Å². The van der Waals surface area contributed by atoms with Gasteiger partial charge in [0.15, 0.2) is 0 Å². The van der Waals surface area contributed by atoms with E-state index in [4.69, 9.17) is 8.37 Å². The van der Waals surface area contributed by atoms with Gasteiger partial charge in [-0.2, -0.15) is 0 Å². The highest BCUT2D eigenvalue weighted by atomic mass is 33.1. The predicted molar refractivity (Wildman–Crippen MR) is 60.9 cm³/mol. The molecule has 0 radical (unpaired) electrons. The maximum atomic E-state index is 5.32. The Kier molecular flexibility index (Phi) is 4.19. The molecule has 0 bridgehead atoms. The van der Waals surface area contributed by atoms with Crippen molar-refractivity contribution in [2.24, 2.45) is 0 Å². The SMILES string of the molecule is c1ccc2c(c1)CCOSSOCC2. The fraction of sp³-hybridized carbons (Fsp3) is 0.400. The zero-order valence-electron chi connectivity index (χ0n) is 7.77. The summed E-state index contributed by atoms with van der Waals surface area (Å²) in [5.41, 5.74) is 2.76. The number of hydrogen-bond acceptors (Lipinski definition) is 4. The third-order valence-corrected chi connectivity index (χ3v) is 3.48. The van der Waals surface area contributed by atoms with Crippen LogP contribution in [0, 0.1) is 0 Å². The zero-order valence-corrected chi connectivity index (χ0v) is 9.40. The minimum absolute atomic E-state index is 0.748. The van der Waals surface area contributed by atoms with Crippen molar-refractivity contribution in [1.82, 2.24) is 0 Å². The highest BCUT2D eigenvalue weighted by Crippen LogP contribution is 2.25. The molecule has 14 heavy (non-hydrogen) atoms. The molecule has 0 aliphatic carbocycles. The average molecular weight is 228 g/mol. The molecule has 2 nitrogen and oxygen atoms in total. The van der Waals surface area contributed by atoms with Gasteiger partial charge in [-0.25, -0.2) is 0 Å².